The highest BCUT2D eigenvalue weighted by atomic mass is 16.5. The molecule has 0 aliphatic carbocycles. The van der Waals surface area contributed by atoms with Crippen molar-refractivity contribution in [1.82, 2.24) is 4.90 Å². The van der Waals surface area contributed by atoms with E-state index in [1.165, 1.54) is 5.69 Å². The number of amides is 1. The third-order valence-corrected chi connectivity index (χ3v) is 5.71. The number of piperazine rings is 1. The van der Waals surface area contributed by atoms with E-state index in [1.54, 1.807) is 7.11 Å². The number of carbonyl (C=O) groups is 1. The number of carbonyl (C=O) groups excluding carboxylic acids is 1. The summed E-state index contributed by atoms with van der Waals surface area (Å²) in [5.74, 6) is 1.80. The molecule has 2 heterocycles. The summed E-state index contributed by atoms with van der Waals surface area (Å²) < 4.78 is 11.0. The summed E-state index contributed by atoms with van der Waals surface area (Å²) in [5.41, 5.74) is 2.08. The molecule has 6 nitrogen and oxygen atoms in total. The Morgan fingerprint density at radius 1 is 0.897 bits per heavy atom. The van der Waals surface area contributed by atoms with Crippen molar-refractivity contribution in [1.29, 1.82) is 0 Å². The lowest BCUT2D eigenvalue weighted by Crippen LogP contribution is -2.46. The highest BCUT2D eigenvalue weighted by Gasteiger charge is 2.25. The van der Waals surface area contributed by atoms with Crippen LogP contribution in [0.4, 0.5) is 11.4 Å². The van der Waals surface area contributed by atoms with Gasteiger partial charge in [0.05, 0.1) is 18.5 Å². The Morgan fingerprint density at radius 3 is 2.38 bits per heavy atom. The zero-order chi connectivity index (χ0) is 20.1. The molecular weight excluding hydrogens is 366 g/mol. The van der Waals surface area contributed by atoms with Crippen LogP contribution in [-0.4, -0.2) is 63.8 Å². The molecule has 1 saturated heterocycles. The number of anilines is 2. The zero-order valence-corrected chi connectivity index (χ0v) is 17.0. The Hall–Kier alpha value is -2.73. The predicted octanol–water partition coefficient (Wildman–Crippen LogP) is 3.02. The van der Waals surface area contributed by atoms with Crippen molar-refractivity contribution in [3.63, 3.8) is 0 Å². The first-order valence-corrected chi connectivity index (χ1v) is 10.4. The molecule has 1 fully saturated rings. The molecule has 0 aromatic heterocycles. The predicted molar refractivity (Wildman–Crippen MR) is 115 cm³/mol. The number of para-hydroxylation sites is 4. The lowest BCUT2D eigenvalue weighted by molar-refractivity contribution is -0.121. The van der Waals surface area contributed by atoms with E-state index in [1.807, 2.05) is 41.3 Å². The van der Waals surface area contributed by atoms with Crippen LogP contribution in [0.25, 0.3) is 0 Å². The Bertz CT molecular complexity index is 834. The third kappa shape index (κ3) is 4.48. The van der Waals surface area contributed by atoms with E-state index in [9.17, 15) is 4.79 Å². The van der Waals surface area contributed by atoms with Gasteiger partial charge < -0.3 is 19.3 Å². The molecule has 2 aliphatic rings. The fourth-order valence-electron chi connectivity index (χ4n) is 4.11. The molecule has 0 unspecified atom stereocenters. The van der Waals surface area contributed by atoms with Crippen LogP contribution < -0.4 is 19.3 Å². The van der Waals surface area contributed by atoms with Crippen molar-refractivity contribution in [2.24, 2.45) is 0 Å². The van der Waals surface area contributed by atoms with Gasteiger partial charge in [-0.1, -0.05) is 24.3 Å². The van der Waals surface area contributed by atoms with Gasteiger partial charge in [0, 0.05) is 32.7 Å². The number of ether oxygens (including phenoxy) is 2. The van der Waals surface area contributed by atoms with E-state index in [-0.39, 0.29) is 12.5 Å². The summed E-state index contributed by atoms with van der Waals surface area (Å²) in [6, 6.07) is 16.0. The summed E-state index contributed by atoms with van der Waals surface area (Å²) in [7, 11) is 1.73. The number of benzene rings is 2. The van der Waals surface area contributed by atoms with Crippen LogP contribution in [0.2, 0.25) is 0 Å². The number of fused-ring (bicyclic) bond motifs is 1. The largest absolute Gasteiger partial charge is 0.495 e. The van der Waals surface area contributed by atoms with Crippen molar-refractivity contribution in [2.75, 3.05) is 62.8 Å². The Kier molecular flexibility index (Phi) is 6.20. The maximum absolute atomic E-state index is 12.3. The highest BCUT2D eigenvalue weighted by Crippen LogP contribution is 2.31. The van der Waals surface area contributed by atoms with Gasteiger partial charge in [-0.05, 0) is 43.7 Å². The normalized spacial score (nSPS) is 17.1. The lowest BCUT2D eigenvalue weighted by Gasteiger charge is -2.36. The van der Waals surface area contributed by atoms with E-state index in [4.69, 9.17) is 9.47 Å². The molecule has 0 bridgehead atoms. The maximum atomic E-state index is 12.3. The SMILES string of the molecule is COc1ccccc1N1CCN(CCCCN2C(=O)COc3ccccc32)CC1. The average molecular weight is 396 g/mol. The van der Waals surface area contributed by atoms with Crippen molar-refractivity contribution in [2.45, 2.75) is 12.8 Å². The number of unbranched alkanes of at least 4 members (excludes halogenated alkanes) is 1. The van der Waals surface area contributed by atoms with Gasteiger partial charge in [0.15, 0.2) is 6.61 Å². The fourth-order valence-corrected chi connectivity index (χ4v) is 4.11. The average Bonchev–Trinajstić information content (AvgIpc) is 2.78. The van der Waals surface area contributed by atoms with E-state index in [0.717, 1.165) is 69.3 Å². The second kappa shape index (κ2) is 9.18. The van der Waals surface area contributed by atoms with Gasteiger partial charge in [-0.25, -0.2) is 0 Å². The molecule has 0 N–H and O–H groups in total. The Labute approximate surface area is 172 Å². The fraction of sp³-hybridized carbons (Fsp3) is 0.435. The molecule has 6 heteroatoms. The molecule has 154 valence electrons. The van der Waals surface area contributed by atoms with E-state index >= 15 is 0 Å². The first kappa shape index (κ1) is 19.6. The summed E-state index contributed by atoms with van der Waals surface area (Å²) in [6.07, 6.45) is 2.08. The molecule has 1 amide bonds. The van der Waals surface area contributed by atoms with Crippen LogP contribution >= 0.6 is 0 Å². The van der Waals surface area contributed by atoms with Crippen LogP contribution in [0.3, 0.4) is 0 Å². The van der Waals surface area contributed by atoms with E-state index in [0.29, 0.717) is 0 Å². The minimum Gasteiger partial charge on any atom is -0.495 e. The van der Waals surface area contributed by atoms with Crippen molar-refractivity contribution >= 4 is 17.3 Å². The Balaban J connectivity index is 1.22. The monoisotopic (exact) mass is 395 g/mol. The van der Waals surface area contributed by atoms with E-state index in [2.05, 4.69) is 21.9 Å². The molecule has 29 heavy (non-hydrogen) atoms. The summed E-state index contributed by atoms with van der Waals surface area (Å²) in [5, 5.41) is 0. The van der Waals surface area contributed by atoms with Crippen LogP contribution in [0.1, 0.15) is 12.8 Å². The number of hydrogen-bond acceptors (Lipinski definition) is 5. The molecule has 2 aromatic carbocycles. The minimum absolute atomic E-state index is 0.0501. The molecule has 0 spiro atoms. The number of nitrogens with zero attached hydrogens (tertiary/aromatic N) is 3. The number of hydrogen-bond donors (Lipinski definition) is 0. The zero-order valence-electron chi connectivity index (χ0n) is 17.0. The van der Waals surface area contributed by atoms with Gasteiger partial charge in [-0.2, -0.15) is 0 Å². The molecule has 0 radical (unpaired) electrons. The minimum atomic E-state index is 0.0501. The van der Waals surface area contributed by atoms with Crippen LogP contribution in [0, 0.1) is 0 Å². The highest BCUT2D eigenvalue weighted by molar-refractivity contribution is 5.97. The van der Waals surface area contributed by atoms with Crippen molar-refractivity contribution in [3.05, 3.63) is 48.5 Å². The van der Waals surface area contributed by atoms with Gasteiger partial charge in [0.2, 0.25) is 0 Å². The van der Waals surface area contributed by atoms with Crippen LogP contribution in [-0.2, 0) is 4.79 Å². The molecule has 0 saturated carbocycles. The maximum Gasteiger partial charge on any atom is 0.265 e. The molecule has 4 rings (SSSR count). The van der Waals surface area contributed by atoms with Crippen LogP contribution in [0.15, 0.2) is 48.5 Å². The van der Waals surface area contributed by atoms with Gasteiger partial charge in [-0.3, -0.25) is 9.69 Å². The topological polar surface area (TPSA) is 45.2 Å². The lowest BCUT2D eigenvalue weighted by atomic mass is 10.2. The first-order chi connectivity index (χ1) is 14.3. The summed E-state index contributed by atoms with van der Waals surface area (Å²) in [6.45, 7) is 6.09. The van der Waals surface area contributed by atoms with Gasteiger partial charge in [0.1, 0.15) is 11.5 Å². The quantitative estimate of drug-likeness (QED) is 0.675. The number of rotatable bonds is 7. The van der Waals surface area contributed by atoms with Gasteiger partial charge in [-0.15, -0.1) is 0 Å². The van der Waals surface area contributed by atoms with Crippen molar-refractivity contribution < 1.29 is 14.3 Å². The standard InChI is InChI=1S/C23H29N3O3/c1-28-21-10-4-2-8-19(21)25-16-14-24(15-17-25)12-6-7-13-26-20-9-3-5-11-22(20)29-18-23(26)27/h2-5,8-11H,6-7,12-18H2,1H3. The van der Waals surface area contributed by atoms with E-state index < -0.39 is 0 Å². The smallest absolute Gasteiger partial charge is 0.265 e. The van der Waals surface area contributed by atoms with Gasteiger partial charge >= 0.3 is 0 Å². The second-order valence-electron chi connectivity index (χ2n) is 7.51. The molecule has 2 aromatic rings. The Morgan fingerprint density at radius 2 is 1.59 bits per heavy atom. The van der Waals surface area contributed by atoms with Crippen molar-refractivity contribution in [3.8, 4) is 11.5 Å². The first-order valence-electron chi connectivity index (χ1n) is 10.4. The number of methoxy groups -OCH3 is 1. The summed E-state index contributed by atoms with van der Waals surface area (Å²) in [4.78, 5) is 19.0. The molecule has 0 atom stereocenters. The summed E-state index contributed by atoms with van der Waals surface area (Å²) >= 11 is 0. The van der Waals surface area contributed by atoms with Crippen LogP contribution in [0.5, 0.6) is 11.5 Å². The van der Waals surface area contributed by atoms with Gasteiger partial charge in [0.25, 0.3) is 5.91 Å². The third-order valence-electron chi connectivity index (χ3n) is 5.71. The molecular formula is C23H29N3O3. The second-order valence-corrected chi connectivity index (χ2v) is 7.51. The molecule has 2 aliphatic heterocycles.